The number of ether oxygens (including phenoxy) is 1. The minimum absolute atomic E-state index is 0.308. The van der Waals surface area contributed by atoms with Crippen molar-refractivity contribution in [2.45, 2.75) is 13.2 Å². The van der Waals surface area contributed by atoms with Gasteiger partial charge in [-0.25, -0.2) is 8.78 Å². The first-order valence-corrected chi connectivity index (χ1v) is 9.96. The van der Waals surface area contributed by atoms with Crippen molar-refractivity contribution < 1.29 is 13.5 Å². The Bertz CT molecular complexity index is 1040. The SMILES string of the molecule is Fc1ccc(COCc2ccc(F)c(Nc3ccccc3)c2)cc1Nc1ccccc1. The topological polar surface area (TPSA) is 33.3 Å². The van der Waals surface area contributed by atoms with Gasteiger partial charge in [-0.2, -0.15) is 0 Å². The van der Waals surface area contributed by atoms with Crippen molar-refractivity contribution in [1.29, 1.82) is 0 Å². The second-order valence-corrected chi connectivity index (χ2v) is 7.10. The van der Waals surface area contributed by atoms with E-state index in [0.29, 0.717) is 24.6 Å². The van der Waals surface area contributed by atoms with Crippen LogP contribution in [0.3, 0.4) is 0 Å². The third-order valence-electron chi connectivity index (χ3n) is 4.70. The van der Waals surface area contributed by atoms with Crippen molar-refractivity contribution in [2.24, 2.45) is 0 Å². The second-order valence-electron chi connectivity index (χ2n) is 7.10. The summed E-state index contributed by atoms with van der Waals surface area (Å²) < 4.78 is 34.1. The maximum Gasteiger partial charge on any atom is 0.146 e. The molecule has 0 amide bonds. The van der Waals surface area contributed by atoms with Crippen LogP contribution in [0.5, 0.6) is 0 Å². The monoisotopic (exact) mass is 416 g/mol. The Morgan fingerprint density at radius 2 is 0.968 bits per heavy atom. The fourth-order valence-electron chi connectivity index (χ4n) is 3.16. The average molecular weight is 416 g/mol. The molecule has 31 heavy (non-hydrogen) atoms. The molecular formula is C26H22F2N2O. The summed E-state index contributed by atoms with van der Waals surface area (Å²) >= 11 is 0. The fraction of sp³-hybridized carbons (Fsp3) is 0.0769. The number of benzene rings is 4. The molecule has 0 saturated heterocycles. The van der Waals surface area contributed by atoms with E-state index < -0.39 is 0 Å². The molecule has 0 radical (unpaired) electrons. The number of rotatable bonds is 8. The molecule has 0 aromatic heterocycles. The molecule has 0 atom stereocenters. The van der Waals surface area contributed by atoms with Crippen LogP contribution in [0.1, 0.15) is 11.1 Å². The van der Waals surface area contributed by atoms with Crippen LogP contribution in [0.15, 0.2) is 97.1 Å². The van der Waals surface area contributed by atoms with Gasteiger partial charge >= 0.3 is 0 Å². The highest BCUT2D eigenvalue weighted by Gasteiger charge is 2.07. The number of nitrogens with one attached hydrogen (secondary N) is 2. The summed E-state index contributed by atoms with van der Waals surface area (Å²) in [6.45, 7) is 0.616. The summed E-state index contributed by atoms with van der Waals surface area (Å²) in [7, 11) is 0. The van der Waals surface area contributed by atoms with Crippen LogP contribution in [0.2, 0.25) is 0 Å². The quantitative estimate of drug-likeness (QED) is 0.319. The Kier molecular flexibility index (Phi) is 6.55. The molecule has 0 heterocycles. The summed E-state index contributed by atoms with van der Waals surface area (Å²) in [4.78, 5) is 0. The Morgan fingerprint density at radius 3 is 1.39 bits per heavy atom. The summed E-state index contributed by atoms with van der Waals surface area (Å²) in [5.74, 6) is -0.662. The van der Waals surface area contributed by atoms with Gasteiger partial charge in [-0.1, -0.05) is 48.5 Å². The summed E-state index contributed by atoms with van der Waals surface area (Å²) in [6.07, 6.45) is 0. The predicted octanol–water partition coefficient (Wildman–Crippen LogP) is 7.17. The van der Waals surface area contributed by atoms with Gasteiger partial charge in [0, 0.05) is 11.4 Å². The van der Waals surface area contributed by atoms with E-state index in [1.165, 1.54) is 12.1 Å². The zero-order chi connectivity index (χ0) is 21.5. The normalized spacial score (nSPS) is 10.6. The minimum Gasteiger partial charge on any atom is -0.372 e. The van der Waals surface area contributed by atoms with E-state index in [2.05, 4.69) is 10.6 Å². The molecule has 0 saturated carbocycles. The predicted molar refractivity (Wildman–Crippen MR) is 121 cm³/mol. The van der Waals surface area contributed by atoms with E-state index in [1.807, 2.05) is 60.7 Å². The van der Waals surface area contributed by atoms with Gasteiger partial charge in [0.05, 0.1) is 24.6 Å². The van der Waals surface area contributed by atoms with Crippen LogP contribution >= 0.6 is 0 Å². The number of anilines is 4. The highest BCUT2D eigenvalue weighted by molar-refractivity contribution is 5.61. The molecule has 5 heteroatoms. The minimum atomic E-state index is -0.331. The maximum atomic E-state index is 14.2. The first kappa shape index (κ1) is 20.6. The number of para-hydroxylation sites is 2. The highest BCUT2D eigenvalue weighted by atomic mass is 19.1. The molecular weight excluding hydrogens is 394 g/mol. The van der Waals surface area contributed by atoms with Gasteiger partial charge in [-0.15, -0.1) is 0 Å². The van der Waals surface area contributed by atoms with Crippen molar-refractivity contribution in [1.82, 2.24) is 0 Å². The molecule has 4 rings (SSSR count). The smallest absolute Gasteiger partial charge is 0.146 e. The Morgan fingerprint density at radius 1 is 0.548 bits per heavy atom. The molecule has 0 aliphatic heterocycles. The van der Waals surface area contributed by atoms with Crippen LogP contribution in [0, 0.1) is 11.6 Å². The molecule has 2 N–H and O–H groups in total. The fourth-order valence-corrected chi connectivity index (χ4v) is 3.16. The molecule has 3 nitrogen and oxygen atoms in total. The number of hydrogen-bond acceptors (Lipinski definition) is 3. The highest BCUT2D eigenvalue weighted by Crippen LogP contribution is 2.23. The van der Waals surface area contributed by atoms with E-state index in [9.17, 15) is 8.78 Å². The average Bonchev–Trinajstić information content (AvgIpc) is 2.79. The standard InChI is InChI=1S/C26H22F2N2O/c27-23-13-11-19(15-25(23)29-21-7-3-1-4-8-21)17-31-18-20-12-14-24(28)26(16-20)30-22-9-5-2-6-10-22/h1-16,29-30H,17-18H2. The van der Waals surface area contributed by atoms with Crippen molar-refractivity contribution in [3.8, 4) is 0 Å². The molecule has 0 aliphatic rings. The van der Waals surface area contributed by atoms with Crippen LogP contribution in [-0.2, 0) is 18.0 Å². The number of halogens is 2. The lowest BCUT2D eigenvalue weighted by Gasteiger charge is -2.12. The van der Waals surface area contributed by atoms with E-state index in [4.69, 9.17) is 4.74 Å². The van der Waals surface area contributed by atoms with Gasteiger partial charge in [0.15, 0.2) is 0 Å². The molecule has 4 aromatic carbocycles. The van der Waals surface area contributed by atoms with Crippen LogP contribution in [-0.4, -0.2) is 0 Å². The van der Waals surface area contributed by atoms with Crippen LogP contribution in [0.25, 0.3) is 0 Å². The van der Waals surface area contributed by atoms with Gasteiger partial charge in [0.25, 0.3) is 0 Å². The van der Waals surface area contributed by atoms with Gasteiger partial charge in [0.2, 0.25) is 0 Å². The Labute approximate surface area is 180 Å². The molecule has 4 aromatic rings. The van der Waals surface area contributed by atoms with E-state index in [-0.39, 0.29) is 11.6 Å². The molecule has 0 unspecified atom stereocenters. The Balaban J connectivity index is 1.38. The van der Waals surface area contributed by atoms with Gasteiger partial charge < -0.3 is 15.4 Å². The first-order valence-electron chi connectivity index (χ1n) is 9.96. The summed E-state index contributed by atoms with van der Waals surface area (Å²) in [6, 6.07) is 28.5. The number of hydrogen-bond donors (Lipinski definition) is 2. The largest absolute Gasteiger partial charge is 0.372 e. The van der Waals surface area contributed by atoms with Crippen LogP contribution in [0.4, 0.5) is 31.5 Å². The second kappa shape index (κ2) is 9.87. The van der Waals surface area contributed by atoms with Gasteiger partial charge in [-0.05, 0) is 59.7 Å². The molecule has 0 bridgehead atoms. The van der Waals surface area contributed by atoms with Crippen LogP contribution < -0.4 is 10.6 Å². The van der Waals surface area contributed by atoms with Gasteiger partial charge in [-0.3, -0.25) is 0 Å². The lowest BCUT2D eigenvalue weighted by Crippen LogP contribution is -1.99. The maximum absolute atomic E-state index is 14.2. The third-order valence-corrected chi connectivity index (χ3v) is 4.70. The zero-order valence-corrected chi connectivity index (χ0v) is 16.8. The third kappa shape index (κ3) is 5.68. The van der Waals surface area contributed by atoms with E-state index in [0.717, 1.165) is 22.5 Å². The van der Waals surface area contributed by atoms with Crippen molar-refractivity contribution in [3.63, 3.8) is 0 Å². The lowest BCUT2D eigenvalue weighted by molar-refractivity contribution is 0.107. The lowest BCUT2D eigenvalue weighted by atomic mass is 10.2. The van der Waals surface area contributed by atoms with E-state index in [1.54, 1.807) is 24.3 Å². The van der Waals surface area contributed by atoms with E-state index >= 15 is 0 Å². The Hall–Kier alpha value is -3.70. The molecule has 0 aliphatic carbocycles. The molecule has 0 spiro atoms. The first-order chi connectivity index (χ1) is 15.2. The summed E-state index contributed by atoms with van der Waals surface area (Å²) in [5.41, 5.74) is 4.08. The molecule has 0 fully saturated rings. The van der Waals surface area contributed by atoms with Crippen molar-refractivity contribution in [2.75, 3.05) is 10.6 Å². The van der Waals surface area contributed by atoms with Crippen molar-refractivity contribution >= 4 is 22.7 Å². The van der Waals surface area contributed by atoms with Gasteiger partial charge in [0.1, 0.15) is 11.6 Å². The molecule has 156 valence electrons. The van der Waals surface area contributed by atoms with Crippen molar-refractivity contribution in [3.05, 3.63) is 120 Å². The zero-order valence-electron chi connectivity index (χ0n) is 16.8. The summed E-state index contributed by atoms with van der Waals surface area (Å²) in [5, 5.41) is 6.15.